The van der Waals surface area contributed by atoms with Crippen LogP contribution in [0.3, 0.4) is 0 Å². The van der Waals surface area contributed by atoms with Gasteiger partial charge in [-0.15, -0.1) is 0 Å². The Morgan fingerprint density at radius 2 is 2.18 bits per heavy atom. The van der Waals surface area contributed by atoms with Crippen molar-refractivity contribution in [3.05, 3.63) is 35.7 Å². The molecule has 0 bridgehead atoms. The Balaban J connectivity index is 1.64. The Bertz CT molecular complexity index is 590. The number of nitrogens with zero attached hydrogens (tertiary/aromatic N) is 1. The van der Waals surface area contributed by atoms with Crippen molar-refractivity contribution in [2.75, 3.05) is 13.1 Å². The van der Waals surface area contributed by atoms with Crippen molar-refractivity contribution in [2.24, 2.45) is 5.92 Å². The van der Waals surface area contributed by atoms with Crippen molar-refractivity contribution in [2.45, 2.75) is 31.7 Å². The standard InChI is InChI=1S/C16H19F2N3O/c1-10-8-19-5-4-13(10)11-2-3-14(20-9-11)15(22)21-12-6-16(17,18)7-12/h2-4,9-10,12,19H,5-8H2,1H3,(H,21,22). The number of hydrogen-bond acceptors (Lipinski definition) is 3. The van der Waals surface area contributed by atoms with E-state index in [-0.39, 0.29) is 24.4 Å². The first-order valence-corrected chi connectivity index (χ1v) is 7.50. The van der Waals surface area contributed by atoms with Gasteiger partial charge in [-0.25, -0.2) is 8.78 Å². The third-order valence-corrected chi connectivity index (χ3v) is 4.20. The van der Waals surface area contributed by atoms with Crippen LogP contribution in [0.4, 0.5) is 8.78 Å². The maximum absolute atomic E-state index is 12.8. The SMILES string of the molecule is CC1CNCC=C1c1ccc(C(=O)NC2CC(F)(F)C2)nc1. The highest BCUT2D eigenvalue weighted by Crippen LogP contribution is 2.37. The molecule has 1 atom stereocenters. The molecule has 1 amide bonds. The summed E-state index contributed by atoms with van der Waals surface area (Å²) in [6.07, 6.45) is 3.24. The summed E-state index contributed by atoms with van der Waals surface area (Å²) in [5, 5.41) is 5.87. The fourth-order valence-electron chi connectivity index (χ4n) is 2.92. The fourth-order valence-corrected chi connectivity index (χ4v) is 2.92. The van der Waals surface area contributed by atoms with Crippen LogP contribution >= 0.6 is 0 Å². The minimum Gasteiger partial charge on any atom is -0.348 e. The lowest BCUT2D eigenvalue weighted by molar-refractivity contribution is -0.0901. The maximum Gasteiger partial charge on any atom is 0.270 e. The van der Waals surface area contributed by atoms with Crippen molar-refractivity contribution in [3.8, 4) is 0 Å². The van der Waals surface area contributed by atoms with E-state index < -0.39 is 12.0 Å². The largest absolute Gasteiger partial charge is 0.348 e. The summed E-state index contributed by atoms with van der Waals surface area (Å²) in [4.78, 5) is 16.1. The number of hydrogen-bond donors (Lipinski definition) is 2. The van der Waals surface area contributed by atoms with Crippen LogP contribution in [0.1, 0.15) is 35.8 Å². The summed E-state index contributed by atoms with van der Waals surface area (Å²) >= 11 is 0. The van der Waals surface area contributed by atoms with E-state index in [2.05, 4.69) is 28.6 Å². The number of alkyl halides is 2. The zero-order valence-electron chi connectivity index (χ0n) is 12.4. The van der Waals surface area contributed by atoms with Gasteiger partial charge in [0.1, 0.15) is 5.69 Å². The van der Waals surface area contributed by atoms with Gasteiger partial charge >= 0.3 is 0 Å². The molecule has 0 saturated heterocycles. The smallest absolute Gasteiger partial charge is 0.270 e. The minimum atomic E-state index is -2.63. The molecule has 1 aliphatic heterocycles. The minimum absolute atomic E-state index is 0.265. The molecule has 1 saturated carbocycles. The Kier molecular flexibility index (Phi) is 3.95. The highest BCUT2D eigenvalue weighted by Gasteiger charge is 2.46. The molecule has 2 aliphatic rings. The zero-order chi connectivity index (χ0) is 15.7. The number of carbonyl (C=O) groups excluding carboxylic acids is 1. The molecule has 22 heavy (non-hydrogen) atoms. The van der Waals surface area contributed by atoms with Gasteiger partial charge in [0.25, 0.3) is 11.8 Å². The van der Waals surface area contributed by atoms with Gasteiger partial charge in [-0.2, -0.15) is 0 Å². The number of carbonyl (C=O) groups is 1. The van der Waals surface area contributed by atoms with Crippen LogP contribution in [0.15, 0.2) is 24.4 Å². The Labute approximate surface area is 128 Å². The molecule has 1 fully saturated rings. The Hall–Kier alpha value is -1.82. The molecule has 6 heteroatoms. The molecule has 4 nitrogen and oxygen atoms in total. The van der Waals surface area contributed by atoms with Crippen molar-refractivity contribution in [1.29, 1.82) is 0 Å². The molecule has 0 spiro atoms. The van der Waals surface area contributed by atoms with E-state index in [0.29, 0.717) is 5.92 Å². The molecule has 1 aromatic rings. The number of amides is 1. The van der Waals surface area contributed by atoms with E-state index in [0.717, 1.165) is 18.7 Å². The van der Waals surface area contributed by atoms with Gasteiger partial charge in [-0.3, -0.25) is 9.78 Å². The lowest BCUT2D eigenvalue weighted by Gasteiger charge is -2.35. The Morgan fingerprint density at radius 1 is 1.41 bits per heavy atom. The average Bonchev–Trinajstić information content (AvgIpc) is 2.46. The number of nitrogens with one attached hydrogen (secondary N) is 2. The van der Waals surface area contributed by atoms with Gasteiger partial charge in [0, 0.05) is 38.2 Å². The number of pyridine rings is 1. The lowest BCUT2D eigenvalue weighted by Crippen LogP contribution is -2.50. The van der Waals surface area contributed by atoms with Crippen LogP contribution in [0.25, 0.3) is 5.57 Å². The molecule has 2 heterocycles. The van der Waals surface area contributed by atoms with Gasteiger partial charge in [-0.05, 0) is 23.1 Å². The van der Waals surface area contributed by atoms with E-state index >= 15 is 0 Å². The maximum atomic E-state index is 12.8. The summed E-state index contributed by atoms with van der Waals surface area (Å²) in [6, 6.07) is 3.07. The summed E-state index contributed by atoms with van der Waals surface area (Å²) < 4.78 is 25.5. The van der Waals surface area contributed by atoms with E-state index in [9.17, 15) is 13.6 Å². The van der Waals surface area contributed by atoms with Crippen LogP contribution in [0.5, 0.6) is 0 Å². The quantitative estimate of drug-likeness (QED) is 0.900. The topological polar surface area (TPSA) is 54.0 Å². The number of aromatic nitrogens is 1. The van der Waals surface area contributed by atoms with Crippen molar-refractivity contribution >= 4 is 11.5 Å². The van der Waals surface area contributed by atoms with E-state index in [4.69, 9.17) is 0 Å². The van der Waals surface area contributed by atoms with E-state index in [1.54, 1.807) is 12.3 Å². The van der Waals surface area contributed by atoms with Crippen LogP contribution in [0.2, 0.25) is 0 Å². The molecule has 0 radical (unpaired) electrons. The molecular formula is C16H19F2N3O. The molecule has 2 N–H and O–H groups in total. The zero-order valence-corrected chi connectivity index (χ0v) is 12.4. The van der Waals surface area contributed by atoms with Crippen LogP contribution < -0.4 is 10.6 Å². The predicted molar refractivity (Wildman–Crippen MR) is 79.7 cm³/mol. The first kappa shape index (κ1) is 15.1. The molecular weight excluding hydrogens is 288 g/mol. The van der Waals surface area contributed by atoms with Gasteiger partial charge in [0.05, 0.1) is 0 Å². The van der Waals surface area contributed by atoms with Gasteiger partial charge in [0.15, 0.2) is 0 Å². The van der Waals surface area contributed by atoms with Crippen LogP contribution in [0, 0.1) is 5.92 Å². The van der Waals surface area contributed by atoms with E-state index in [1.807, 2.05) is 6.07 Å². The van der Waals surface area contributed by atoms with Crippen molar-refractivity contribution in [1.82, 2.24) is 15.6 Å². The third kappa shape index (κ3) is 3.16. The van der Waals surface area contributed by atoms with Gasteiger partial charge < -0.3 is 10.6 Å². The molecule has 1 unspecified atom stereocenters. The molecule has 0 aromatic carbocycles. The molecule has 118 valence electrons. The number of halogens is 2. The normalized spacial score (nSPS) is 24.3. The lowest BCUT2D eigenvalue weighted by atomic mass is 9.88. The second-order valence-electron chi connectivity index (χ2n) is 6.09. The van der Waals surface area contributed by atoms with Crippen molar-refractivity contribution in [3.63, 3.8) is 0 Å². The second-order valence-corrected chi connectivity index (χ2v) is 6.09. The summed E-state index contributed by atoms with van der Waals surface area (Å²) in [7, 11) is 0. The summed E-state index contributed by atoms with van der Waals surface area (Å²) in [6.45, 7) is 3.89. The van der Waals surface area contributed by atoms with E-state index in [1.165, 1.54) is 5.57 Å². The summed E-state index contributed by atoms with van der Waals surface area (Å²) in [5.74, 6) is -2.63. The first-order valence-electron chi connectivity index (χ1n) is 7.50. The van der Waals surface area contributed by atoms with Gasteiger partial charge in [0.2, 0.25) is 0 Å². The average molecular weight is 307 g/mol. The second kappa shape index (κ2) is 5.76. The highest BCUT2D eigenvalue weighted by molar-refractivity contribution is 5.92. The van der Waals surface area contributed by atoms with Crippen LogP contribution in [-0.2, 0) is 0 Å². The first-order chi connectivity index (χ1) is 10.4. The third-order valence-electron chi connectivity index (χ3n) is 4.20. The monoisotopic (exact) mass is 307 g/mol. The predicted octanol–water partition coefficient (Wildman–Crippen LogP) is 2.23. The number of rotatable bonds is 3. The summed E-state index contributed by atoms with van der Waals surface area (Å²) in [5.41, 5.74) is 2.48. The highest BCUT2D eigenvalue weighted by atomic mass is 19.3. The molecule has 3 rings (SSSR count). The van der Waals surface area contributed by atoms with Gasteiger partial charge in [-0.1, -0.05) is 19.1 Å². The molecule has 1 aromatic heterocycles. The van der Waals surface area contributed by atoms with Crippen molar-refractivity contribution < 1.29 is 13.6 Å². The fraction of sp³-hybridized carbons (Fsp3) is 0.500. The molecule has 1 aliphatic carbocycles. The van der Waals surface area contributed by atoms with Crippen LogP contribution in [-0.4, -0.2) is 35.9 Å². The Morgan fingerprint density at radius 3 is 2.77 bits per heavy atom.